The number of nitrogens with zero attached hydrogens (tertiary/aromatic N) is 4. The molecule has 3 heterocycles. The SMILES string of the molecule is CN1CC(C(=O)N2CCC(c3ncon3)CC2)CC1=O. The van der Waals surface area contributed by atoms with Gasteiger partial charge in [-0.25, -0.2) is 0 Å². The maximum Gasteiger partial charge on any atom is 0.227 e. The number of carbonyl (C=O) groups is 2. The van der Waals surface area contributed by atoms with Crippen molar-refractivity contribution in [2.45, 2.75) is 25.2 Å². The molecule has 0 aliphatic carbocycles. The number of hydrogen-bond donors (Lipinski definition) is 0. The van der Waals surface area contributed by atoms with Gasteiger partial charge in [0.05, 0.1) is 5.92 Å². The number of amides is 2. The molecule has 1 atom stereocenters. The van der Waals surface area contributed by atoms with Crippen molar-refractivity contribution in [3.8, 4) is 0 Å². The molecule has 0 bridgehead atoms. The molecule has 2 aliphatic rings. The van der Waals surface area contributed by atoms with E-state index in [4.69, 9.17) is 4.52 Å². The Balaban J connectivity index is 1.56. The summed E-state index contributed by atoms with van der Waals surface area (Å²) in [5, 5.41) is 3.87. The first-order valence-corrected chi connectivity index (χ1v) is 6.94. The summed E-state index contributed by atoms with van der Waals surface area (Å²) < 4.78 is 4.76. The van der Waals surface area contributed by atoms with Gasteiger partial charge < -0.3 is 14.3 Å². The van der Waals surface area contributed by atoms with Crippen molar-refractivity contribution in [2.24, 2.45) is 5.92 Å². The molecule has 108 valence electrons. The van der Waals surface area contributed by atoms with Gasteiger partial charge in [-0.05, 0) is 12.8 Å². The van der Waals surface area contributed by atoms with Gasteiger partial charge in [0.25, 0.3) is 0 Å². The van der Waals surface area contributed by atoms with Crippen LogP contribution >= 0.6 is 0 Å². The van der Waals surface area contributed by atoms with Crippen LogP contribution in [0, 0.1) is 5.92 Å². The number of carbonyl (C=O) groups excluding carboxylic acids is 2. The first kappa shape index (κ1) is 13.1. The molecule has 2 amide bonds. The molecule has 1 aromatic heterocycles. The normalized spacial score (nSPS) is 24.4. The Bertz CT molecular complexity index is 494. The molecule has 0 aromatic carbocycles. The first-order chi connectivity index (χ1) is 9.65. The molecule has 1 aromatic rings. The maximum absolute atomic E-state index is 12.4. The largest absolute Gasteiger partial charge is 0.345 e. The predicted octanol–water partition coefficient (Wildman–Crippen LogP) is 0.254. The zero-order valence-electron chi connectivity index (χ0n) is 11.5. The van der Waals surface area contributed by atoms with E-state index in [0.717, 1.165) is 18.7 Å². The van der Waals surface area contributed by atoms with Crippen molar-refractivity contribution in [1.29, 1.82) is 0 Å². The van der Waals surface area contributed by atoms with Crippen LogP contribution in [0.25, 0.3) is 0 Å². The van der Waals surface area contributed by atoms with Crippen LogP contribution in [-0.4, -0.2) is 58.4 Å². The predicted molar refractivity (Wildman–Crippen MR) is 68.6 cm³/mol. The Kier molecular flexibility index (Phi) is 3.42. The van der Waals surface area contributed by atoms with Crippen LogP contribution in [0.3, 0.4) is 0 Å². The summed E-state index contributed by atoms with van der Waals surface area (Å²) in [5.74, 6) is 0.993. The molecule has 0 N–H and O–H groups in total. The van der Waals surface area contributed by atoms with Crippen LogP contribution in [0.4, 0.5) is 0 Å². The minimum atomic E-state index is -0.172. The molecule has 0 radical (unpaired) electrons. The van der Waals surface area contributed by atoms with Crippen LogP contribution in [0.15, 0.2) is 10.9 Å². The third-order valence-corrected chi connectivity index (χ3v) is 4.24. The number of likely N-dealkylation sites (tertiary alicyclic amines) is 2. The Morgan fingerprint density at radius 1 is 1.40 bits per heavy atom. The fraction of sp³-hybridized carbons (Fsp3) is 0.692. The molecule has 2 saturated heterocycles. The molecular formula is C13H18N4O3. The lowest BCUT2D eigenvalue weighted by molar-refractivity contribution is -0.136. The smallest absolute Gasteiger partial charge is 0.227 e. The highest BCUT2D eigenvalue weighted by Crippen LogP contribution is 2.27. The van der Waals surface area contributed by atoms with Crippen molar-refractivity contribution < 1.29 is 14.1 Å². The van der Waals surface area contributed by atoms with E-state index >= 15 is 0 Å². The van der Waals surface area contributed by atoms with Crippen molar-refractivity contribution in [1.82, 2.24) is 19.9 Å². The highest BCUT2D eigenvalue weighted by atomic mass is 16.5. The fourth-order valence-corrected chi connectivity index (χ4v) is 3.00. The highest BCUT2D eigenvalue weighted by molar-refractivity contribution is 5.89. The van der Waals surface area contributed by atoms with E-state index in [9.17, 15) is 9.59 Å². The van der Waals surface area contributed by atoms with E-state index in [-0.39, 0.29) is 23.7 Å². The van der Waals surface area contributed by atoms with Crippen LogP contribution in [0.2, 0.25) is 0 Å². The summed E-state index contributed by atoms with van der Waals surface area (Å²) in [4.78, 5) is 31.5. The van der Waals surface area contributed by atoms with Gasteiger partial charge >= 0.3 is 0 Å². The van der Waals surface area contributed by atoms with Gasteiger partial charge in [0.1, 0.15) is 0 Å². The van der Waals surface area contributed by atoms with Crippen LogP contribution in [0.1, 0.15) is 31.0 Å². The van der Waals surface area contributed by atoms with Gasteiger partial charge in [-0.1, -0.05) is 5.16 Å². The summed E-state index contributed by atoms with van der Waals surface area (Å²) in [5.41, 5.74) is 0. The molecule has 7 heteroatoms. The second kappa shape index (κ2) is 5.22. The summed E-state index contributed by atoms with van der Waals surface area (Å²) in [6.07, 6.45) is 3.39. The Morgan fingerprint density at radius 2 is 2.15 bits per heavy atom. The topological polar surface area (TPSA) is 79.5 Å². The van der Waals surface area contributed by atoms with Crippen molar-refractivity contribution in [2.75, 3.05) is 26.7 Å². The number of aromatic nitrogens is 2. The van der Waals surface area contributed by atoms with Crippen LogP contribution in [0.5, 0.6) is 0 Å². The third-order valence-electron chi connectivity index (χ3n) is 4.24. The molecular weight excluding hydrogens is 260 g/mol. The summed E-state index contributed by atoms with van der Waals surface area (Å²) in [6, 6.07) is 0. The molecule has 7 nitrogen and oxygen atoms in total. The molecule has 20 heavy (non-hydrogen) atoms. The molecule has 3 rings (SSSR count). The van der Waals surface area contributed by atoms with Gasteiger partial charge in [0.15, 0.2) is 5.82 Å². The van der Waals surface area contributed by atoms with E-state index in [1.807, 2.05) is 4.90 Å². The fourth-order valence-electron chi connectivity index (χ4n) is 3.00. The molecule has 2 aliphatic heterocycles. The lowest BCUT2D eigenvalue weighted by Gasteiger charge is -2.32. The van der Waals surface area contributed by atoms with E-state index in [1.165, 1.54) is 6.39 Å². The first-order valence-electron chi connectivity index (χ1n) is 6.94. The minimum absolute atomic E-state index is 0.0602. The summed E-state index contributed by atoms with van der Waals surface area (Å²) in [7, 11) is 1.75. The van der Waals surface area contributed by atoms with Crippen LogP contribution in [-0.2, 0) is 9.59 Å². The van der Waals surface area contributed by atoms with Gasteiger partial charge in [-0.15, -0.1) is 0 Å². The second-order valence-corrected chi connectivity index (χ2v) is 5.56. The lowest BCUT2D eigenvalue weighted by Crippen LogP contribution is -2.42. The Hall–Kier alpha value is -1.92. The van der Waals surface area contributed by atoms with Crippen molar-refractivity contribution >= 4 is 11.8 Å². The Morgan fingerprint density at radius 3 is 2.70 bits per heavy atom. The zero-order chi connectivity index (χ0) is 14.1. The standard InChI is InChI=1S/C13H18N4O3/c1-16-7-10(6-11(16)18)13(19)17-4-2-9(3-5-17)12-14-8-20-15-12/h8-10H,2-7H2,1H3. The van der Waals surface area contributed by atoms with E-state index in [2.05, 4.69) is 10.1 Å². The molecule has 0 spiro atoms. The van der Waals surface area contributed by atoms with Gasteiger partial charge in [-0.3, -0.25) is 9.59 Å². The highest BCUT2D eigenvalue weighted by Gasteiger charge is 2.36. The van der Waals surface area contributed by atoms with Crippen molar-refractivity contribution in [3.63, 3.8) is 0 Å². The number of rotatable bonds is 2. The van der Waals surface area contributed by atoms with Gasteiger partial charge in [0, 0.05) is 39.0 Å². The Labute approximate surface area is 116 Å². The quantitative estimate of drug-likeness (QED) is 0.775. The lowest BCUT2D eigenvalue weighted by atomic mass is 9.95. The third kappa shape index (κ3) is 2.39. The van der Waals surface area contributed by atoms with Crippen molar-refractivity contribution in [3.05, 3.63) is 12.2 Å². The zero-order valence-corrected chi connectivity index (χ0v) is 11.5. The molecule has 2 fully saturated rings. The average Bonchev–Trinajstić information content (AvgIpc) is 3.09. The summed E-state index contributed by atoms with van der Waals surface area (Å²) in [6.45, 7) is 1.95. The number of piperidine rings is 1. The van der Waals surface area contributed by atoms with E-state index in [0.29, 0.717) is 26.1 Å². The van der Waals surface area contributed by atoms with Gasteiger partial charge in [0.2, 0.25) is 18.2 Å². The number of hydrogen-bond acceptors (Lipinski definition) is 5. The second-order valence-electron chi connectivity index (χ2n) is 5.56. The summed E-state index contributed by atoms with van der Waals surface area (Å²) >= 11 is 0. The average molecular weight is 278 g/mol. The minimum Gasteiger partial charge on any atom is -0.345 e. The van der Waals surface area contributed by atoms with Gasteiger partial charge in [-0.2, -0.15) is 4.98 Å². The molecule has 1 unspecified atom stereocenters. The molecule has 0 saturated carbocycles. The van der Waals surface area contributed by atoms with E-state index < -0.39 is 0 Å². The van der Waals surface area contributed by atoms with E-state index in [1.54, 1.807) is 11.9 Å². The maximum atomic E-state index is 12.4. The van der Waals surface area contributed by atoms with Crippen LogP contribution < -0.4 is 0 Å². The monoisotopic (exact) mass is 278 g/mol.